The van der Waals surface area contributed by atoms with E-state index < -0.39 is 0 Å². The minimum absolute atomic E-state index is 0.376. The smallest absolute Gasteiger partial charge is 0.147 e. The lowest BCUT2D eigenvalue weighted by atomic mass is 9.78. The van der Waals surface area contributed by atoms with Crippen molar-refractivity contribution in [3.05, 3.63) is 11.6 Å². The number of rotatable bonds is 4. The molecule has 0 atom stereocenters. The van der Waals surface area contributed by atoms with Crippen LogP contribution in [-0.4, -0.2) is 63.8 Å². The molecule has 2 aliphatic carbocycles. The zero-order valence-corrected chi connectivity index (χ0v) is 15.5. The van der Waals surface area contributed by atoms with Gasteiger partial charge >= 0.3 is 0 Å². The average Bonchev–Trinajstić information content (AvgIpc) is 3.22. The molecule has 0 amide bonds. The quantitative estimate of drug-likeness (QED) is 0.901. The Morgan fingerprint density at radius 2 is 1.80 bits per heavy atom. The second-order valence-electron chi connectivity index (χ2n) is 9.27. The molecule has 1 aromatic rings. The van der Waals surface area contributed by atoms with Crippen LogP contribution >= 0.6 is 0 Å². The predicted octanol–water partition coefficient (Wildman–Crippen LogP) is 1.74. The Hall–Kier alpha value is -0.980. The zero-order valence-electron chi connectivity index (χ0n) is 15.5. The number of hydrogen-bond acceptors (Lipinski definition) is 5. The highest BCUT2D eigenvalue weighted by Crippen LogP contribution is 2.44. The predicted molar refractivity (Wildman–Crippen MR) is 97.3 cm³/mol. The highest BCUT2D eigenvalue weighted by molar-refractivity contribution is 5.12. The molecule has 6 nitrogen and oxygen atoms in total. The van der Waals surface area contributed by atoms with Gasteiger partial charge in [0, 0.05) is 24.5 Å². The number of nitrogens with two attached hydrogens (primary N) is 1. The van der Waals surface area contributed by atoms with E-state index in [2.05, 4.69) is 31.6 Å². The molecule has 2 N–H and O–H groups in total. The third-order valence-corrected chi connectivity index (χ3v) is 7.17. The Morgan fingerprint density at radius 3 is 2.48 bits per heavy atom. The van der Waals surface area contributed by atoms with Gasteiger partial charge in [0.15, 0.2) is 0 Å². The van der Waals surface area contributed by atoms with Crippen LogP contribution in [0.5, 0.6) is 0 Å². The molecular formula is C19H32N6. The lowest BCUT2D eigenvalue weighted by molar-refractivity contribution is 0.124. The molecule has 3 heterocycles. The molecule has 1 aromatic heterocycles. The van der Waals surface area contributed by atoms with Crippen molar-refractivity contribution < 1.29 is 0 Å². The summed E-state index contributed by atoms with van der Waals surface area (Å²) < 4.78 is 2.50. The standard InChI is InChI=1S/C19H32N6/c1-23-7-4-19(5-8-23)6-9-24(13-19)12-17-21-22-18(14-10-15(20)11-14)25(17)16-2-3-16/h14-16H,2-13,20H2,1H3. The topological polar surface area (TPSA) is 63.2 Å². The second-order valence-corrected chi connectivity index (χ2v) is 9.27. The number of nitrogens with zero attached hydrogens (tertiary/aromatic N) is 5. The van der Waals surface area contributed by atoms with E-state index in [0.717, 1.165) is 19.4 Å². The Morgan fingerprint density at radius 1 is 1.08 bits per heavy atom. The summed E-state index contributed by atoms with van der Waals surface area (Å²) in [5.41, 5.74) is 6.58. The van der Waals surface area contributed by atoms with E-state index in [9.17, 15) is 0 Å². The third-order valence-electron chi connectivity index (χ3n) is 7.17. The van der Waals surface area contributed by atoms with Crippen LogP contribution in [0.1, 0.15) is 68.6 Å². The number of piperidine rings is 1. The van der Waals surface area contributed by atoms with E-state index in [4.69, 9.17) is 5.73 Å². The summed E-state index contributed by atoms with van der Waals surface area (Å²) in [4.78, 5) is 5.12. The molecule has 4 aliphatic rings. The van der Waals surface area contributed by atoms with Crippen LogP contribution < -0.4 is 5.73 Å². The van der Waals surface area contributed by atoms with E-state index in [1.54, 1.807) is 0 Å². The first-order valence-electron chi connectivity index (χ1n) is 10.2. The maximum absolute atomic E-state index is 6.01. The van der Waals surface area contributed by atoms with Gasteiger partial charge in [-0.3, -0.25) is 4.90 Å². The second kappa shape index (κ2) is 6.03. The third kappa shape index (κ3) is 3.02. The van der Waals surface area contributed by atoms with E-state index in [-0.39, 0.29) is 0 Å². The molecule has 0 bridgehead atoms. The van der Waals surface area contributed by atoms with Gasteiger partial charge in [-0.05, 0) is 77.0 Å². The SMILES string of the molecule is CN1CCC2(CC1)CCN(Cc1nnc(C3CC(N)C3)n1C1CC1)C2. The lowest BCUT2D eigenvalue weighted by Gasteiger charge is -2.37. The summed E-state index contributed by atoms with van der Waals surface area (Å²) in [6, 6.07) is 1.04. The van der Waals surface area contributed by atoms with Gasteiger partial charge in [0.25, 0.3) is 0 Å². The molecule has 25 heavy (non-hydrogen) atoms. The minimum Gasteiger partial charge on any atom is -0.328 e. The van der Waals surface area contributed by atoms with Gasteiger partial charge in [0.1, 0.15) is 11.6 Å². The molecule has 2 saturated carbocycles. The van der Waals surface area contributed by atoms with Crippen molar-refractivity contribution in [2.75, 3.05) is 33.2 Å². The van der Waals surface area contributed by atoms with Gasteiger partial charge in [0.05, 0.1) is 6.54 Å². The Labute approximate surface area is 150 Å². The van der Waals surface area contributed by atoms with E-state index in [1.807, 2.05) is 0 Å². The first-order valence-corrected chi connectivity index (χ1v) is 10.2. The van der Waals surface area contributed by atoms with Crippen LogP contribution in [-0.2, 0) is 6.54 Å². The lowest BCUT2D eigenvalue weighted by Crippen LogP contribution is -2.39. The van der Waals surface area contributed by atoms with Gasteiger partial charge < -0.3 is 15.2 Å². The van der Waals surface area contributed by atoms with E-state index >= 15 is 0 Å². The minimum atomic E-state index is 0.376. The molecule has 0 radical (unpaired) electrons. The van der Waals surface area contributed by atoms with Crippen molar-refractivity contribution in [2.45, 2.75) is 69.5 Å². The van der Waals surface area contributed by atoms with Crippen molar-refractivity contribution in [1.82, 2.24) is 24.6 Å². The van der Waals surface area contributed by atoms with Crippen molar-refractivity contribution in [2.24, 2.45) is 11.1 Å². The molecule has 0 aromatic carbocycles. The summed E-state index contributed by atoms with van der Waals surface area (Å²) in [6.45, 7) is 5.99. The van der Waals surface area contributed by atoms with Crippen LogP contribution in [0.15, 0.2) is 0 Å². The Kier molecular flexibility index (Phi) is 3.91. The van der Waals surface area contributed by atoms with Crippen LogP contribution in [0.25, 0.3) is 0 Å². The highest BCUT2D eigenvalue weighted by Gasteiger charge is 2.41. The largest absolute Gasteiger partial charge is 0.328 e. The van der Waals surface area contributed by atoms with E-state index in [0.29, 0.717) is 23.4 Å². The molecule has 1 spiro atoms. The van der Waals surface area contributed by atoms with Gasteiger partial charge in [-0.2, -0.15) is 0 Å². The Bertz CT molecular complexity index is 622. The summed E-state index contributed by atoms with van der Waals surface area (Å²) in [5.74, 6) is 2.99. The normalized spacial score (nSPS) is 33.0. The molecule has 138 valence electrons. The van der Waals surface area contributed by atoms with Crippen LogP contribution in [0.2, 0.25) is 0 Å². The van der Waals surface area contributed by atoms with Crippen LogP contribution in [0.3, 0.4) is 0 Å². The fourth-order valence-corrected chi connectivity index (χ4v) is 5.19. The monoisotopic (exact) mass is 344 g/mol. The van der Waals surface area contributed by atoms with Crippen molar-refractivity contribution in [1.29, 1.82) is 0 Å². The maximum Gasteiger partial charge on any atom is 0.147 e. The number of likely N-dealkylation sites (tertiary alicyclic amines) is 2. The highest BCUT2D eigenvalue weighted by atomic mass is 15.3. The van der Waals surface area contributed by atoms with E-state index in [1.165, 1.54) is 69.9 Å². The fraction of sp³-hybridized carbons (Fsp3) is 0.895. The molecular weight excluding hydrogens is 312 g/mol. The van der Waals surface area contributed by atoms with Crippen LogP contribution in [0.4, 0.5) is 0 Å². The average molecular weight is 345 g/mol. The first-order chi connectivity index (χ1) is 12.1. The van der Waals surface area contributed by atoms with Crippen molar-refractivity contribution >= 4 is 0 Å². The van der Waals surface area contributed by atoms with Gasteiger partial charge in [0.2, 0.25) is 0 Å². The maximum atomic E-state index is 6.01. The molecule has 5 rings (SSSR count). The first kappa shape index (κ1) is 16.2. The van der Waals surface area contributed by atoms with Gasteiger partial charge in [-0.15, -0.1) is 10.2 Å². The fourth-order valence-electron chi connectivity index (χ4n) is 5.19. The number of hydrogen-bond donors (Lipinski definition) is 1. The van der Waals surface area contributed by atoms with Crippen molar-refractivity contribution in [3.8, 4) is 0 Å². The zero-order chi connectivity index (χ0) is 17.0. The van der Waals surface area contributed by atoms with Gasteiger partial charge in [-0.25, -0.2) is 0 Å². The number of aromatic nitrogens is 3. The summed E-state index contributed by atoms with van der Waals surface area (Å²) in [5, 5.41) is 9.25. The summed E-state index contributed by atoms with van der Waals surface area (Å²) in [6.07, 6.45) is 8.86. The molecule has 2 aliphatic heterocycles. The Balaban J connectivity index is 1.28. The molecule has 0 unspecified atom stereocenters. The molecule has 4 fully saturated rings. The van der Waals surface area contributed by atoms with Crippen LogP contribution in [0, 0.1) is 5.41 Å². The van der Waals surface area contributed by atoms with Gasteiger partial charge in [-0.1, -0.05) is 0 Å². The van der Waals surface area contributed by atoms with Crippen molar-refractivity contribution in [3.63, 3.8) is 0 Å². The molecule has 2 saturated heterocycles. The summed E-state index contributed by atoms with van der Waals surface area (Å²) >= 11 is 0. The summed E-state index contributed by atoms with van der Waals surface area (Å²) in [7, 11) is 2.26. The molecule has 6 heteroatoms.